The highest BCUT2D eigenvalue weighted by Gasteiger charge is 2.06. The molecule has 2 heteroatoms. The molecule has 0 saturated carbocycles. The van der Waals surface area contributed by atoms with Crippen LogP contribution in [0.5, 0.6) is 11.5 Å². The van der Waals surface area contributed by atoms with Crippen molar-refractivity contribution in [2.75, 3.05) is 13.2 Å². The summed E-state index contributed by atoms with van der Waals surface area (Å²) >= 11 is 0. The molecule has 22 heavy (non-hydrogen) atoms. The van der Waals surface area contributed by atoms with Crippen LogP contribution in [0.25, 0.3) is 5.57 Å². The van der Waals surface area contributed by atoms with Crippen molar-refractivity contribution < 1.29 is 9.47 Å². The fourth-order valence-electron chi connectivity index (χ4n) is 2.70. The number of ether oxygens (including phenoxy) is 2. The normalized spacial score (nSPS) is 14.3. The molecule has 0 unspecified atom stereocenters. The molecule has 0 radical (unpaired) electrons. The molecule has 1 aliphatic rings. The summed E-state index contributed by atoms with van der Waals surface area (Å²) in [5.41, 5.74) is 2.80. The van der Waals surface area contributed by atoms with Gasteiger partial charge in [0.05, 0.1) is 0 Å². The third-order valence-corrected chi connectivity index (χ3v) is 3.88. The second-order valence-corrected chi connectivity index (χ2v) is 5.51. The van der Waals surface area contributed by atoms with Crippen LogP contribution in [0.4, 0.5) is 0 Å². The predicted molar refractivity (Wildman–Crippen MR) is 90.3 cm³/mol. The molecule has 2 nitrogen and oxygen atoms in total. The average Bonchev–Trinajstić information content (AvgIpc) is 2.61. The monoisotopic (exact) mass is 294 g/mol. The minimum Gasteiger partial charge on any atom is -0.490 e. The molecule has 0 aliphatic heterocycles. The Balaban J connectivity index is 1.46. The van der Waals surface area contributed by atoms with Crippen LogP contribution in [-0.4, -0.2) is 13.2 Å². The fourth-order valence-corrected chi connectivity index (χ4v) is 2.70. The molecule has 114 valence electrons. The van der Waals surface area contributed by atoms with E-state index in [0.29, 0.717) is 13.2 Å². The quantitative estimate of drug-likeness (QED) is 0.690. The zero-order chi connectivity index (χ0) is 15.0. The van der Waals surface area contributed by atoms with Crippen molar-refractivity contribution in [3.05, 3.63) is 66.2 Å². The lowest BCUT2D eigenvalue weighted by atomic mass is 9.94. The average molecular weight is 294 g/mol. The minimum absolute atomic E-state index is 0.552. The van der Waals surface area contributed by atoms with Gasteiger partial charge in [0, 0.05) is 0 Å². The molecule has 1 aliphatic carbocycles. The van der Waals surface area contributed by atoms with Gasteiger partial charge in [-0.25, -0.2) is 0 Å². The van der Waals surface area contributed by atoms with Crippen LogP contribution in [-0.2, 0) is 0 Å². The van der Waals surface area contributed by atoms with E-state index in [9.17, 15) is 0 Å². The van der Waals surface area contributed by atoms with E-state index in [1.807, 2.05) is 42.5 Å². The Bertz CT molecular complexity index is 599. The highest BCUT2D eigenvalue weighted by Crippen LogP contribution is 2.27. The van der Waals surface area contributed by atoms with Gasteiger partial charge >= 0.3 is 0 Å². The fraction of sp³-hybridized carbons (Fsp3) is 0.300. The highest BCUT2D eigenvalue weighted by atomic mass is 16.5. The summed E-state index contributed by atoms with van der Waals surface area (Å²) in [7, 11) is 0. The Morgan fingerprint density at radius 1 is 0.727 bits per heavy atom. The number of rotatable bonds is 6. The number of para-hydroxylation sites is 1. The van der Waals surface area contributed by atoms with Gasteiger partial charge in [-0.05, 0) is 61.1 Å². The maximum Gasteiger partial charge on any atom is 0.122 e. The molecule has 0 fully saturated rings. The molecule has 0 saturated heterocycles. The van der Waals surface area contributed by atoms with Crippen molar-refractivity contribution in [2.45, 2.75) is 25.7 Å². The maximum atomic E-state index is 5.73. The second kappa shape index (κ2) is 7.69. The molecule has 0 N–H and O–H groups in total. The van der Waals surface area contributed by atoms with Gasteiger partial charge in [-0.3, -0.25) is 0 Å². The van der Waals surface area contributed by atoms with Crippen molar-refractivity contribution in [1.29, 1.82) is 0 Å². The van der Waals surface area contributed by atoms with E-state index in [1.165, 1.54) is 36.8 Å². The number of hydrogen-bond acceptors (Lipinski definition) is 2. The smallest absolute Gasteiger partial charge is 0.122 e. The van der Waals surface area contributed by atoms with Crippen molar-refractivity contribution in [2.24, 2.45) is 0 Å². The number of hydrogen-bond donors (Lipinski definition) is 0. The summed E-state index contributed by atoms with van der Waals surface area (Å²) in [5, 5.41) is 0. The lowest BCUT2D eigenvalue weighted by Gasteiger charge is -2.13. The van der Waals surface area contributed by atoms with E-state index < -0.39 is 0 Å². The van der Waals surface area contributed by atoms with E-state index in [-0.39, 0.29) is 0 Å². The Morgan fingerprint density at radius 2 is 1.41 bits per heavy atom. The summed E-state index contributed by atoms with van der Waals surface area (Å²) in [6.07, 6.45) is 7.41. The largest absolute Gasteiger partial charge is 0.490 e. The maximum absolute atomic E-state index is 5.73. The third-order valence-electron chi connectivity index (χ3n) is 3.88. The Labute approximate surface area is 132 Å². The molecule has 2 aromatic carbocycles. The van der Waals surface area contributed by atoms with Gasteiger partial charge in [0.25, 0.3) is 0 Å². The lowest BCUT2D eigenvalue weighted by Crippen LogP contribution is -2.08. The second-order valence-electron chi connectivity index (χ2n) is 5.51. The van der Waals surface area contributed by atoms with Gasteiger partial charge in [-0.1, -0.05) is 36.4 Å². The first-order chi connectivity index (χ1) is 10.9. The van der Waals surface area contributed by atoms with Crippen molar-refractivity contribution in [3.8, 4) is 11.5 Å². The predicted octanol–water partition coefficient (Wildman–Crippen LogP) is 5.10. The van der Waals surface area contributed by atoms with Crippen molar-refractivity contribution in [3.63, 3.8) is 0 Å². The number of allylic oxidation sites excluding steroid dienone is 2. The summed E-state index contributed by atoms with van der Waals surface area (Å²) in [6.45, 7) is 1.11. The molecular formula is C20H22O2. The first-order valence-electron chi connectivity index (χ1n) is 8.02. The van der Waals surface area contributed by atoms with Crippen LogP contribution in [0.2, 0.25) is 0 Å². The Hall–Kier alpha value is -2.22. The molecule has 3 rings (SSSR count). The Morgan fingerprint density at radius 3 is 2.05 bits per heavy atom. The molecule has 0 amide bonds. The molecule has 0 spiro atoms. The van der Waals surface area contributed by atoms with E-state index >= 15 is 0 Å². The minimum atomic E-state index is 0.552. The van der Waals surface area contributed by atoms with E-state index in [4.69, 9.17) is 9.47 Å². The van der Waals surface area contributed by atoms with E-state index in [0.717, 1.165) is 11.5 Å². The SMILES string of the molecule is C1=C(c2ccc(OCCOc3ccccc3)cc2)CCCC1. The molecule has 0 bridgehead atoms. The van der Waals surface area contributed by atoms with Crippen LogP contribution >= 0.6 is 0 Å². The van der Waals surface area contributed by atoms with Gasteiger partial charge < -0.3 is 9.47 Å². The van der Waals surface area contributed by atoms with Crippen molar-refractivity contribution >= 4 is 5.57 Å². The van der Waals surface area contributed by atoms with Gasteiger partial charge in [0.2, 0.25) is 0 Å². The standard InChI is InChI=1S/C20H22O2/c1-3-7-17(8-4-1)18-11-13-20(14-12-18)22-16-15-21-19-9-5-2-6-10-19/h2,5-7,9-14H,1,3-4,8,15-16H2. The Kier molecular flexibility index (Phi) is 5.14. The first-order valence-corrected chi connectivity index (χ1v) is 8.02. The van der Waals surface area contributed by atoms with Gasteiger partial charge in [0.15, 0.2) is 0 Å². The van der Waals surface area contributed by atoms with E-state index in [1.54, 1.807) is 0 Å². The van der Waals surface area contributed by atoms with E-state index in [2.05, 4.69) is 18.2 Å². The molecule has 0 heterocycles. The van der Waals surface area contributed by atoms with Crippen LogP contribution in [0.3, 0.4) is 0 Å². The number of benzene rings is 2. The summed E-state index contributed by atoms with van der Waals surface area (Å²) < 4.78 is 11.3. The van der Waals surface area contributed by atoms with Gasteiger partial charge in [-0.15, -0.1) is 0 Å². The van der Waals surface area contributed by atoms with Crippen LogP contribution in [0, 0.1) is 0 Å². The van der Waals surface area contributed by atoms with Crippen LogP contribution in [0.1, 0.15) is 31.2 Å². The van der Waals surface area contributed by atoms with Gasteiger partial charge in [0.1, 0.15) is 24.7 Å². The zero-order valence-electron chi connectivity index (χ0n) is 12.8. The molecular weight excluding hydrogens is 272 g/mol. The summed E-state index contributed by atoms with van der Waals surface area (Å²) in [5.74, 6) is 1.78. The molecule has 0 atom stereocenters. The summed E-state index contributed by atoms with van der Waals surface area (Å²) in [6, 6.07) is 18.2. The highest BCUT2D eigenvalue weighted by molar-refractivity contribution is 5.66. The topological polar surface area (TPSA) is 18.5 Å². The molecule has 2 aromatic rings. The third kappa shape index (κ3) is 4.14. The van der Waals surface area contributed by atoms with Crippen molar-refractivity contribution in [1.82, 2.24) is 0 Å². The van der Waals surface area contributed by atoms with Gasteiger partial charge in [-0.2, -0.15) is 0 Å². The lowest BCUT2D eigenvalue weighted by molar-refractivity contribution is 0.217. The zero-order valence-corrected chi connectivity index (χ0v) is 12.8. The molecule has 0 aromatic heterocycles. The summed E-state index contributed by atoms with van der Waals surface area (Å²) in [4.78, 5) is 0. The van der Waals surface area contributed by atoms with Crippen LogP contribution < -0.4 is 9.47 Å². The van der Waals surface area contributed by atoms with Crippen LogP contribution in [0.15, 0.2) is 60.7 Å². The first kappa shape index (κ1) is 14.7.